The van der Waals surface area contributed by atoms with E-state index in [0.29, 0.717) is 0 Å². The van der Waals surface area contributed by atoms with Gasteiger partial charge >= 0.3 is 0 Å². The maximum atomic E-state index is 4.88. The molecule has 0 unspecified atom stereocenters. The fraction of sp³-hybridized carbons (Fsp3) is 0.211. The quantitative estimate of drug-likeness (QED) is 0.787. The van der Waals surface area contributed by atoms with Crippen molar-refractivity contribution in [3.8, 4) is 16.9 Å². The van der Waals surface area contributed by atoms with Crippen molar-refractivity contribution in [2.24, 2.45) is 0 Å². The summed E-state index contributed by atoms with van der Waals surface area (Å²) in [6.07, 6.45) is 2.09. The molecule has 0 saturated carbocycles. The molecule has 1 aliphatic rings. The van der Waals surface area contributed by atoms with Crippen LogP contribution < -0.4 is 5.32 Å². The van der Waals surface area contributed by atoms with Crippen LogP contribution in [0.15, 0.2) is 54.6 Å². The van der Waals surface area contributed by atoms with Gasteiger partial charge in [0.2, 0.25) is 0 Å². The summed E-state index contributed by atoms with van der Waals surface area (Å²) in [5.41, 5.74) is 6.08. The van der Waals surface area contributed by atoms with Crippen LogP contribution in [0.2, 0.25) is 0 Å². The predicted octanol–water partition coefficient (Wildman–Crippen LogP) is 4.07. The summed E-state index contributed by atoms with van der Waals surface area (Å²) in [6, 6.07) is 19.1. The molecule has 2 aromatic carbocycles. The molecule has 0 spiro atoms. The molecule has 0 saturated heterocycles. The van der Waals surface area contributed by atoms with Crippen LogP contribution in [0.5, 0.6) is 0 Å². The minimum atomic E-state index is 0.986. The zero-order chi connectivity index (χ0) is 14.9. The fourth-order valence-corrected chi connectivity index (χ4v) is 3.06. The van der Waals surface area contributed by atoms with Gasteiger partial charge in [-0.05, 0) is 30.5 Å². The van der Waals surface area contributed by atoms with Crippen molar-refractivity contribution < 1.29 is 0 Å². The largest absolute Gasteiger partial charge is 0.369 e. The van der Waals surface area contributed by atoms with E-state index in [1.165, 1.54) is 16.7 Å². The number of anilines is 1. The van der Waals surface area contributed by atoms with E-state index >= 15 is 0 Å². The molecular weight excluding hydrogens is 270 g/mol. The third-order valence-corrected chi connectivity index (χ3v) is 4.29. The highest BCUT2D eigenvalue weighted by Gasteiger charge is 2.23. The molecule has 110 valence electrons. The number of hydrogen-bond acceptors (Lipinski definition) is 2. The van der Waals surface area contributed by atoms with Crippen LogP contribution in [0.4, 0.5) is 5.82 Å². The maximum absolute atomic E-state index is 4.88. The Kier molecular flexibility index (Phi) is 3.19. The molecule has 1 aromatic heterocycles. The fourth-order valence-electron chi connectivity index (χ4n) is 3.06. The number of aryl methyl sites for hydroxylation is 1. The summed E-state index contributed by atoms with van der Waals surface area (Å²) in [7, 11) is 0. The Labute approximate surface area is 130 Å². The zero-order valence-corrected chi connectivity index (χ0v) is 12.7. The second-order valence-electron chi connectivity index (χ2n) is 5.65. The Morgan fingerprint density at radius 1 is 1.05 bits per heavy atom. The van der Waals surface area contributed by atoms with Gasteiger partial charge in [0, 0.05) is 17.7 Å². The lowest BCUT2D eigenvalue weighted by Gasteiger charge is -2.07. The second-order valence-corrected chi connectivity index (χ2v) is 5.65. The number of hydrogen-bond donors (Lipinski definition) is 1. The highest BCUT2D eigenvalue weighted by molar-refractivity contribution is 5.72. The highest BCUT2D eigenvalue weighted by atomic mass is 15.3. The summed E-state index contributed by atoms with van der Waals surface area (Å²) in [6.45, 7) is 3.16. The van der Waals surface area contributed by atoms with E-state index in [9.17, 15) is 0 Å². The molecule has 0 amide bonds. The average Bonchev–Trinajstić information content (AvgIpc) is 3.18. The Balaban J connectivity index is 1.84. The number of fused-ring (bicyclic) bond motifs is 1. The van der Waals surface area contributed by atoms with Crippen molar-refractivity contribution >= 4 is 5.82 Å². The van der Waals surface area contributed by atoms with Gasteiger partial charge in [-0.3, -0.25) is 0 Å². The van der Waals surface area contributed by atoms with Crippen molar-refractivity contribution in [2.75, 3.05) is 11.9 Å². The normalized spacial score (nSPS) is 13.0. The van der Waals surface area contributed by atoms with Crippen LogP contribution in [-0.4, -0.2) is 16.3 Å². The molecule has 3 heteroatoms. The first-order valence-corrected chi connectivity index (χ1v) is 7.87. The minimum Gasteiger partial charge on any atom is -0.369 e. The molecule has 3 aromatic rings. The topological polar surface area (TPSA) is 29.9 Å². The molecule has 0 aliphatic carbocycles. The van der Waals surface area contributed by atoms with Gasteiger partial charge < -0.3 is 5.32 Å². The second kappa shape index (κ2) is 5.34. The smallest absolute Gasteiger partial charge is 0.133 e. The first-order chi connectivity index (χ1) is 10.9. The molecule has 0 atom stereocenters. The van der Waals surface area contributed by atoms with Crippen molar-refractivity contribution in [3.63, 3.8) is 0 Å². The van der Waals surface area contributed by atoms with E-state index < -0.39 is 0 Å². The molecule has 0 fully saturated rings. The summed E-state index contributed by atoms with van der Waals surface area (Å²) >= 11 is 0. The molecular formula is C19H19N3. The Morgan fingerprint density at radius 3 is 2.55 bits per heavy atom. The molecule has 22 heavy (non-hydrogen) atoms. The van der Waals surface area contributed by atoms with Crippen molar-refractivity contribution in [1.29, 1.82) is 0 Å². The Hall–Kier alpha value is -2.55. The van der Waals surface area contributed by atoms with Gasteiger partial charge in [0.25, 0.3) is 0 Å². The lowest BCUT2D eigenvalue weighted by atomic mass is 10.1. The number of aromatic nitrogens is 2. The van der Waals surface area contributed by atoms with E-state index in [2.05, 4.69) is 60.8 Å². The van der Waals surface area contributed by atoms with E-state index in [1.54, 1.807) is 0 Å². The molecule has 0 radical (unpaired) electrons. The Morgan fingerprint density at radius 2 is 1.82 bits per heavy atom. The monoisotopic (exact) mass is 289 g/mol. The van der Waals surface area contributed by atoms with E-state index in [0.717, 1.165) is 36.6 Å². The molecule has 2 heterocycles. The Bertz CT molecular complexity index is 786. The van der Waals surface area contributed by atoms with Crippen LogP contribution in [-0.2, 0) is 12.8 Å². The van der Waals surface area contributed by atoms with E-state index in [1.807, 2.05) is 10.7 Å². The molecule has 1 aliphatic heterocycles. The lowest BCUT2D eigenvalue weighted by Crippen LogP contribution is -2.04. The van der Waals surface area contributed by atoms with Gasteiger partial charge in [-0.25, -0.2) is 4.68 Å². The summed E-state index contributed by atoms with van der Waals surface area (Å²) in [5, 5.41) is 8.37. The maximum Gasteiger partial charge on any atom is 0.133 e. The third kappa shape index (κ3) is 2.10. The van der Waals surface area contributed by atoms with Crippen LogP contribution in [0.3, 0.4) is 0 Å². The summed E-state index contributed by atoms with van der Waals surface area (Å²) in [4.78, 5) is 0. The zero-order valence-electron chi connectivity index (χ0n) is 12.7. The summed E-state index contributed by atoms with van der Waals surface area (Å²) in [5.74, 6) is 1.14. The standard InChI is InChI=1S/C19H19N3/c1-2-14-8-10-16(11-9-14)22-19-17(12-13-20-19)18(21-22)15-6-4-3-5-7-15/h3-11,20H,2,12-13H2,1H3. The van der Waals surface area contributed by atoms with Crippen molar-refractivity contribution in [2.45, 2.75) is 19.8 Å². The summed E-state index contributed by atoms with van der Waals surface area (Å²) < 4.78 is 2.05. The lowest BCUT2D eigenvalue weighted by molar-refractivity contribution is 0.881. The third-order valence-electron chi connectivity index (χ3n) is 4.29. The number of nitrogens with one attached hydrogen (secondary N) is 1. The van der Waals surface area contributed by atoms with Crippen molar-refractivity contribution in [3.05, 3.63) is 65.7 Å². The van der Waals surface area contributed by atoms with Gasteiger partial charge in [0.05, 0.1) is 11.4 Å². The van der Waals surface area contributed by atoms with Gasteiger partial charge in [0.1, 0.15) is 5.82 Å². The molecule has 1 N–H and O–H groups in total. The van der Waals surface area contributed by atoms with Gasteiger partial charge in [-0.1, -0.05) is 49.4 Å². The van der Waals surface area contributed by atoms with E-state index in [4.69, 9.17) is 5.10 Å². The number of benzene rings is 2. The highest BCUT2D eigenvalue weighted by Crippen LogP contribution is 2.34. The molecule has 0 bridgehead atoms. The number of rotatable bonds is 3. The molecule has 3 nitrogen and oxygen atoms in total. The van der Waals surface area contributed by atoms with Crippen LogP contribution in [0.25, 0.3) is 16.9 Å². The SMILES string of the molecule is CCc1ccc(-n2nc(-c3ccccc3)c3c2NCC3)cc1. The first-order valence-electron chi connectivity index (χ1n) is 7.87. The number of nitrogens with zero attached hydrogens (tertiary/aromatic N) is 2. The van der Waals surface area contributed by atoms with Gasteiger partial charge in [-0.15, -0.1) is 0 Å². The predicted molar refractivity (Wildman–Crippen MR) is 90.6 cm³/mol. The van der Waals surface area contributed by atoms with Crippen LogP contribution in [0.1, 0.15) is 18.1 Å². The van der Waals surface area contributed by atoms with Crippen LogP contribution in [0, 0.1) is 0 Å². The van der Waals surface area contributed by atoms with E-state index in [-0.39, 0.29) is 0 Å². The minimum absolute atomic E-state index is 0.986. The van der Waals surface area contributed by atoms with Crippen molar-refractivity contribution in [1.82, 2.24) is 9.78 Å². The van der Waals surface area contributed by atoms with Crippen LogP contribution >= 0.6 is 0 Å². The average molecular weight is 289 g/mol. The van der Waals surface area contributed by atoms with Gasteiger partial charge in [-0.2, -0.15) is 5.10 Å². The molecule has 4 rings (SSSR count). The first kappa shape index (κ1) is 13.1. The van der Waals surface area contributed by atoms with Gasteiger partial charge in [0.15, 0.2) is 0 Å².